The van der Waals surface area contributed by atoms with Gasteiger partial charge in [0.1, 0.15) is 0 Å². The fraction of sp³-hybridized carbons (Fsp3) is 0.741. The van der Waals surface area contributed by atoms with Crippen LogP contribution in [0.5, 0.6) is 0 Å². The van der Waals surface area contributed by atoms with E-state index in [0.29, 0.717) is 29.6 Å². The molecule has 0 spiro atoms. The van der Waals surface area contributed by atoms with Crippen molar-refractivity contribution >= 4 is 11.4 Å². The maximum Gasteiger partial charge on any atom is 0.0949 e. The first-order chi connectivity index (χ1) is 30.9. The van der Waals surface area contributed by atoms with E-state index in [1.54, 1.807) is 0 Å². The molecule has 8 nitrogen and oxygen atoms in total. The second-order valence-corrected chi connectivity index (χ2v) is 23.6. The molecule has 5 heterocycles. The van der Waals surface area contributed by atoms with Gasteiger partial charge < -0.3 is 4.57 Å². The quantitative estimate of drug-likeness (QED) is 0.107. The Morgan fingerprint density at radius 1 is 0.530 bits per heavy atom. The SMILES string of the molecule is CC(C)CC1=CN=C(CC(C)C)C1.CC(C)CCC1=CCC(CC(C)C)=N1.CC(C)Cc1ccn(CC(C)C)n1.CC(C)Cc1cn(CC(C)C)cn1.CC(C)Cc1cnn(CC(C)C)c1. The molecule has 3 aromatic heterocycles. The van der Waals surface area contributed by atoms with Gasteiger partial charge in [-0.25, -0.2) is 4.98 Å². The highest BCUT2D eigenvalue weighted by Crippen LogP contribution is 2.23. The Bertz CT molecular complexity index is 1590. The molecule has 0 radical (unpaired) electrons. The maximum atomic E-state index is 4.68. The number of allylic oxidation sites excluding steroid dienone is 3. The van der Waals surface area contributed by atoms with E-state index in [2.05, 4.69) is 205 Å². The zero-order chi connectivity index (χ0) is 49.9. The number of imidazole rings is 1. The van der Waals surface area contributed by atoms with Gasteiger partial charge in [0.2, 0.25) is 0 Å². The topological polar surface area (TPSA) is 78.2 Å². The molecule has 0 fully saturated rings. The van der Waals surface area contributed by atoms with Crippen molar-refractivity contribution in [1.29, 1.82) is 0 Å². The van der Waals surface area contributed by atoms with Gasteiger partial charge in [0.25, 0.3) is 0 Å². The molecule has 0 saturated carbocycles. The van der Waals surface area contributed by atoms with Crippen molar-refractivity contribution in [1.82, 2.24) is 29.1 Å². The van der Waals surface area contributed by atoms with Crippen molar-refractivity contribution in [3.63, 3.8) is 0 Å². The van der Waals surface area contributed by atoms with E-state index < -0.39 is 0 Å². The Balaban J connectivity index is 0.000000413. The van der Waals surface area contributed by atoms with Crippen LogP contribution < -0.4 is 0 Å². The third kappa shape index (κ3) is 31.4. The van der Waals surface area contributed by atoms with Crippen molar-refractivity contribution in [2.24, 2.45) is 69.2 Å². The molecule has 5 rings (SSSR count). The summed E-state index contributed by atoms with van der Waals surface area (Å²) in [5, 5.41) is 8.83. The van der Waals surface area contributed by atoms with Gasteiger partial charge in [0, 0.05) is 74.4 Å². The van der Waals surface area contributed by atoms with Gasteiger partial charge in [0.05, 0.1) is 23.9 Å². The fourth-order valence-electron chi connectivity index (χ4n) is 7.82. The predicted octanol–water partition coefficient (Wildman–Crippen LogP) is 16.2. The van der Waals surface area contributed by atoms with Crippen LogP contribution in [0.25, 0.3) is 0 Å². The molecule has 3 aromatic rings. The molecule has 376 valence electrons. The molecule has 0 aliphatic carbocycles. The highest BCUT2D eigenvalue weighted by molar-refractivity contribution is 5.89. The first kappa shape index (κ1) is 60.5. The van der Waals surface area contributed by atoms with Gasteiger partial charge in [-0.05, 0) is 128 Å². The highest BCUT2D eigenvalue weighted by atomic mass is 15.3. The second-order valence-electron chi connectivity index (χ2n) is 23.6. The summed E-state index contributed by atoms with van der Waals surface area (Å²) in [4.78, 5) is 13.5. The summed E-state index contributed by atoms with van der Waals surface area (Å²) in [6.45, 7) is 47.9. The lowest BCUT2D eigenvalue weighted by atomic mass is 9.97. The third-order valence-electron chi connectivity index (χ3n) is 10.3. The summed E-state index contributed by atoms with van der Waals surface area (Å²) in [6.07, 6.45) is 26.3. The summed E-state index contributed by atoms with van der Waals surface area (Å²) in [6, 6.07) is 2.13. The molecule has 8 heteroatoms. The van der Waals surface area contributed by atoms with Gasteiger partial charge in [-0.2, -0.15) is 10.2 Å². The van der Waals surface area contributed by atoms with E-state index in [1.807, 2.05) is 21.9 Å². The highest BCUT2D eigenvalue weighted by Gasteiger charge is 2.13. The maximum absolute atomic E-state index is 4.68. The lowest BCUT2D eigenvalue weighted by Crippen LogP contribution is -2.05. The lowest BCUT2D eigenvalue weighted by Gasteiger charge is -2.07. The Labute approximate surface area is 408 Å². The van der Waals surface area contributed by atoms with E-state index in [-0.39, 0.29) is 0 Å². The Morgan fingerprint density at radius 2 is 1.08 bits per heavy atom. The van der Waals surface area contributed by atoms with Crippen LogP contribution in [0.2, 0.25) is 0 Å². The van der Waals surface area contributed by atoms with Crippen molar-refractivity contribution in [3.8, 4) is 0 Å². The van der Waals surface area contributed by atoms with Crippen molar-refractivity contribution in [2.75, 3.05) is 0 Å². The smallest absolute Gasteiger partial charge is 0.0949 e. The number of hydrogen-bond acceptors (Lipinski definition) is 5. The lowest BCUT2D eigenvalue weighted by molar-refractivity contribution is 0.476. The third-order valence-corrected chi connectivity index (χ3v) is 10.3. The summed E-state index contributed by atoms with van der Waals surface area (Å²) >= 11 is 0. The van der Waals surface area contributed by atoms with Crippen molar-refractivity contribution in [2.45, 2.75) is 222 Å². The Morgan fingerprint density at radius 3 is 1.62 bits per heavy atom. The van der Waals surface area contributed by atoms with E-state index in [4.69, 9.17) is 0 Å². The van der Waals surface area contributed by atoms with Gasteiger partial charge >= 0.3 is 0 Å². The standard InChI is InChI=1S/C13H23N.C12H21N.3C11H20N2/c1-10(2)5-6-12-7-8-13(14-12)9-11(3)4;1-9(2)5-11-7-12(13-8-11)6-10(3)4;1-9(2)5-11-6-12-13(8-11)7-10(3)4;1-9(2)5-11-7-13(8-12-11)6-10(3)4;1-9(2)7-11-5-6-13(12-11)8-10(3)4/h7,10-11H,5-6,8-9H2,1-4H3;8-10H,5-7H2,1-4H3;6,8-10H,5,7H2,1-4H3;7-10H,5-6H2,1-4H3;5-6,9-10H,7-8H2,1-4H3. The fourth-order valence-corrected chi connectivity index (χ4v) is 7.82. The molecular formula is C58H104N8. The van der Waals surface area contributed by atoms with Crippen LogP contribution in [0, 0.1) is 59.2 Å². The molecule has 0 saturated heterocycles. The average Bonchev–Trinajstić information content (AvgIpc) is 4.02. The van der Waals surface area contributed by atoms with Gasteiger partial charge in [-0.1, -0.05) is 145 Å². The Kier molecular flexibility index (Phi) is 30.3. The van der Waals surface area contributed by atoms with Crippen LogP contribution >= 0.6 is 0 Å². The molecule has 0 atom stereocenters. The van der Waals surface area contributed by atoms with Crippen molar-refractivity contribution < 1.29 is 0 Å². The average molecular weight is 914 g/mol. The zero-order valence-corrected chi connectivity index (χ0v) is 46.7. The number of aliphatic imine (C=N–C) groups is 2. The van der Waals surface area contributed by atoms with Gasteiger partial charge in [0.15, 0.2) is 0 Å². The molecule has 0 amide bonds. The second kappa shape index (κ2) is 33.0. The zero-order valence-electron chi connectivity index (χ0n) is 46.7. The van der Waals surface area contributed by atoms with Crippen LogP contribution in [0.4, 0.5) is 0 Å². The molecule has 0 aromatic carbocycles. The van der Waals surface area contributed by atoms with Crippen LogP contribution in [0.1, 0.15) is 200 Å². The van der Waals surface area contributed by atoms with E-state index in [1.165, 1.54) is 65.3 Å². The van der Waals surface area contributed by atoms with Gasteiger partial charge in [-0.15, -0.1) is 0 Å². The van der Waals surface area contributed by atoms with E-state index >= 15 is 0 Å². The number of rotatable bonds is 21. The number of nitrogens with zero attached hydrogens (tertiary/aromatic N) is 8. The minimum atomic E-state index is 0.673. The van der Waals surface area contributed by atoms with Crippen LogP contribution in [-0.4, -0.2) is 40.5 Å². The van der Waals surface area contributed by atoms with Gasteiger partial charge in [-0.3, -0.25) is 19.3 Å². The van der Waals surface area contributed by atoms with Crippen LogP contribution in [0.15, 0.2) is 70.7 Å². The normalized spacial score (nSPS) is 13.6. The first-order valence-corrected chi connectivity index (χ1v) is 26.4. The molecular weight excluding hydrogens is 809 g/mol. The minimum Gasteiger partial charge on any atom is -0.337 e. The molecule has 0 bridgehead atoms. The first-order valence-electron chi connectivity index (χ1n) is 26.4. The summed E-state index contributed by atoms with van der Waals surface area (Å²) in [5.41, 5.74) is 9.41. The van der Waals surface area contributed by atoms with E-state index in [9.17, 15) is 0 Å². The molecule has 0 unspecified atom stereocenters. The monoisotopic (exact) mass is 913 g/mol. The van der Waals surface area contributed by atoms with Crippen LogP contribution in [0.3, 0.4) is 0 Å². The molecule has 0 N–H and O–H groups in total. The summed E-state index contributed by atoms with van der Waals surface area (Å²) in [7, 11) is 0. The van der Waals surface area contributed by atoms with E-state index in [0.717, 1.165) is 87.7 Å². The number of hydrogen-bond donors (Lipinski definition) is 0. The summed E-state index contributed by atoms with van der Waals surface area (Å²) in [5.74, 6) is 7.19. The predicted molar refractivity (Wildman–Crippen MR) is 290 cm³/mol. The minimum absolute atomic E-state index is 0.673. The molecule has 66 heavy (non-hydrogen) atoms. The molecule has 2 aliphatic heterocycles. The Hall–Kier alpha value is -3.55. The molecule has 2 aliphatic rings. The van der Waals surface area contributed by atoms with Crippen LogP contribution in [-0.2, 0) is 38.9 Å². The largest absolute Gasteiger partial charge is 0.337 e. The number of aromatic nitrogens is 6. The summed E-state index contributed by atoms with van der Waals surface area (Å²) < 4.78 is 6.27. The van der Waals surface area contributed by atoms with Crippen molar-refractivity contribution in [3.05, 3.63) is 77.7 Å².